The number of aliphatic hydroxyl groups excluding tert-OH is 1. The van der Waals surface area contributed by atoms with E-state index >= 15 is 0 Å². The van der Waals surface area contributed by atoms with Gasteiger partial charge in [-0.15, -0.1) is 0 Å². The monoisotopic (exact) mass is 428 g/mol. The number of likely N-dealkylation sites (tertiary alicyclic amines) is 1. The summed E-state index contributed by atoms with van der Waals surface area (Å²) in [5.41, 5.74) is 4.14. The molecule has 1 unspecified atom stereocenters. The fourth-order valence-electron chi connectivity index (χ4n) is 4.01. The summed E-state index contributed by atoms with van der Waals surface area (Å²) in [5.74, 6) is -1.06. The van der Waals surface area contributed by atoms with Crippen molar-refractivity contribution < 1.29 is 19.4 Å². The van der Waals surface area contributed by atoms with Gasteiger partial charge in [-0.25, -0.2) is 0 Å². The van der Waals surface area contributed by atoms with Crippen LogP contribution in [0.15, 0.2) is 72.6 Å². The number of carbonyl (C=O) groups excluding carboxylic acids is 2. The van der Waals surface area contributed by atoms with Crippen LogP contribution in [0.5, 0.6) is 5.75 Å². The molecule has 0 aliphatic carbocycles. The molecule has 2 heterocycles. The number of carbonyl (C=O) groups is 2. The molecular weight excluding hydrogens is 404 g/mol. The number of hydrogen-bond acceptors (Lipinski definition) is 5. The summed E-state index contributed by atoms with van der Waals surface area (Å²) >= 11 is 0. The van der Waals surface area contributed by atoms with Crippen molar-refractivity contribution in [2.24, 2.45) is 0 Å². The summed E-state index contributed by atoms with van der Waals surface area (Å²) in [7, 11) is 1.53. The highest BCUT2D eigenvalue weighted by Crippen LogP contribution is 2.40. The number of Topliss-reactive ketones (excluding diaryl/α,β-unsaturated/α-hetero) is 1. The zero-order chi connectivity index (χ0) is 22.8. The van der Waals surface area contributed by atoms with Crippen LogP contribution >= 0.6 is 0 Å². The second-order valence-electron chi connectivity index (χ2n) is 7.88. The molecule has 3 aromatic rings. The molecule has 1 saturated heterocycles. The van der Waals surface area contributed by atoms with Crippen LogP contribution in [0.4, 0.5) is 0 Å². The Morgan fingerprint density at radius 2 is 1.91 bits per heavy atom. The lowest BCUT2D eigenvalue weighted by molar-refractivity contribution is -0.140. The number of amides is 1. The van der Waals surface area contributed by atoms with Gasteiger partial charge in [-0.05, 0) is 48.7 Å². The molecule has 6 nitrogen and oxygen atoms in total. The van der Waals surface area contributed by atoms with Crippen molar-refractivity contribution in [3.8, 4) is 5.75 Å². The van der Waals surface area contributed by atoms with Gasteiger partial charge in [0, 0.05) is 24.5 Å². The van der Waals surface area contributed by atoms with E-state index in [1.54, 1.807) is 48.8 Å². The molecule has 1 N–H and O–H groups in total. The van der Waals surface area contributed by atoms with Crippen molar-refractivity contribution in [3.05, 3.63) is 100 Å². The SMILES string of the molecule is COc1cccc(/C(O)=C2\C(=O)C(=O)N(Cc3cc(C)ccc3C)C2c2cccnc2)c1. The van der Waals surface area contributed by atoms with Crippen molar-refractivity contribution in [2.75, 3.05) is 7.11 Å². The van der Waals surface area contributed by atoms with Crippen LogP contribution in [-0.2, 0) is 16.1 Å². The Labute approximate surface area is 186 Å². The molecule has 1 aromatic heterocycles. The molecular formula is C26H24N2O4. The van der Waals surface area contributed by atoms with Crippen molar-refractivity contribution in [2.45, 2.75) is 26.4 Å². The number of benzene rings is 2. The van der Waals surface area contributed by atoms with Crippen molar-refractivity contribution in [3.63, 3.8) is 0 Å². The predicted molar refractivity (Wildman–Crippen MR) is 121 cm³/mol. The van der Waals surface area contributed by atoms with Gasteiger partial charge in [0.1, 0.15) is 11.5 Å². The summed E-state index contributed by atoms with van der Waals surface area (Å²) in [4.78, 5) is 32.0. The molecule has 1 amide bonds. The maximum absolute atomic E-state index is 13.2. The van der Waals surface area contributed by atoms with E-state index in [2.05, 4.69) is 4.98 Å². The maximum Gasteiger partial charge on any atom is 0.295 e. The number of ether oxygens (including phenoxy) is 1. The van der Waals surface area contributed by atoms with Crippen LogP contribution in [-0.4, -0.2) is 33.8 Å². The first-order chi connectivity index (χ1) is 15.4. The second kappa shape index (κ2) is 8.67. The van der Waals surface area contributed by atoms with Gasteiger partial charge in [-0.1, -0.05) is 42.0 Å². The van der Waals surface area contributed by atoms with E-state index in [-0.39, 0.29) is 17.9 Å². The van der Waals surface area contributed by atoms with Crippen molar-refractivity contribution in [1.82, 2.24) is 9.88 Å². The van der Waals surface area contributed by atoms with Gasteiger partial charge in [0.25, 0.3) is 11.7 Å². The topological polar surface area (TPSA) is 79.7 Å². The minimum Gasteiger partial charge on any atom is -0.507 e. The number of methoxy groups -OCH3 is 1. The molecule has 1 aliphatic rings. The minimum absolute atomic E-state index is 0.0431. The van der Waals surface area contributed by atoms with E-state index in [0.29, 0.717) is 16.9 Å². The average molecular weight is 428 g/mol. The highest BCUT2D eigenvalue weighted by atomic mass is 16.5. The summed E-state index contributed by atoms with van der Waals surface area (Å²) in [5, 5.41) is 11.1. The molecule has 0 saturated carbocycles. The number of hydrogen-bond donors (Lipinski definition) is 1. The van der Waals surface area contributed by atoms with Gasteiger partial charge < -0.3 is 14.7 Å². The summed E-state index contributed by atoms with van der Waals surface area (Å²) < 4.78 is 5.25. The third-order valence-corrected chi connectivity index (χ3v) is 5.73. The molecule has 1 fully saturated rings. The zero-order valence-electron chi connectivity index (χ0n) is 18.2. The molecule has 0 bridgehead atoms. The fraction of sp³-hybridized carbons (Fsp3) is 0.192. The van der Waals surface area contributed by atoms with Crippen LogP contribution in [0.2, 0.25) is 0 Å². The number of aryl methyl sites for hydroxylation is 2. The summed E-state index contributed by atoms with van der Waals surface area (Å²) in [6, 6.07) is 15.6. The molecule has 162 valence electrons. The number of aromatic nitrogens is 1. The first kappa shape index (κ1) is 21.3. The lowest BCUT2D eigenvalue weighted by Gasteiger charge is -2.26. The number of nitrogens with zero attached hydrogens (tertiary/aromatic N) is 2. The Morgan fingerprint density at radius 3 is 2.62 bits per heavy atom. The van der Waals surface area contributed by atoms with Crippen LogP contribution in [0.25, 0.3) is 5.76 Å². The largest absolute Gasteiger partial charge is 0.507 e. The second-order valence-corrected chi connectivity index (χ2v) is 7.88. The third kappa shape index (κ3) is 3.87. The van der Waals surface area contributed by atoms with E-state index < -0.39 is 17.7 Å². The lowest BCUT2D eigenvalue weighted by Crippen LogP contribution is -2.29. The van der Waals surface area contributed by atoms with Crippen LogP contribution < -0.4 is 4.74 Å². The number of aliphatic hydroxyl groups is 1. The smallest absolute Gasteiger partial charge is 0.295 e. The Balaban J connectivity index is 1.87. The maximum atomic E-state index is 13.2. The van der Waals surface area contributed by atoms with Gasteiger partial charge in [0.05, 0.1) is 18.7 Å². The summed E-state index contributed by atoms with van der Waals surface area (Å²) in [6.07, 6.45) is 3.24. The zero-order valence-corrected chi connectivity index (χ0v) is 18.2. The minimum atomic E-state index is -0.755. The van der Waals surface area contributed by atoms with Gasteiger partial charge in [-0.3, -0.25) is 14.6 Å². The molecule has 6 heteroatoms. The van der Waals surface area contributed by atoms with Gasteiger partial charge in [-0.2, -0.15) is 0 Å². The van der Waals surface area contributed by atoms with E-state index in [1.165, 1.54) is 12.0 Å². The molecule has 32 heavy (non-hydrogen) atoms. The van der Waals surface area contributed by atoms with Gasteiger partial charge >= 0.3 is 0 Å². The van der Waals surface area contributed by atoms with Crippen molar-refractivity contribution >= 4 is 17.4 Å². The van der Waals surface area contributed by atoms with E-state index in [1.807, 2.05) is 32.0 Å². The van der Waals surface area contributed by atoms with Gasteiger partial charge in [0.15, 0.2) is 0 Å². The van der Waals surface area contributed by atoms with Crippen LogP contribution in [0, 0.1) is 13.8 Å². The standard InChI is InChI=1S/C26H24N2O4/c1-16-9-10-17(2)20(12-16)15-28-23(19-7-5-11-27-14-19)22(25(30)26(28)31)24(29)18-6-4-8-21(13-18)32-3/h4-14,23,29H,15H2,1-3H3/b24-22+. The van der Waals surface area contributed by atoms with E-state index in [4.69, 9.17) is 4.74 Å². The Kier molecular flexibility index (Phi) is 5.77. The highest BCUT2D eigenvalue weighted by Gasteiger charge is 2.46. The van der Waals surface area contributed by atoms with E-state index in [9.17, 15) is 14.7 Å². The molecule has 4 rings (SSSR count). The molecule has 1 aliphatic heterocycles. The third-order valence-electron chi connectivity index (χ3n) is 5.73. The van der Waals surface area contributed by atoms with E-state index in [0.717, 1.165) is 16.7 Å². The number of ketones is 1. The molecule has 0 radical (unpaired) electrons. The lowest BCUT2D eigenvalue weighted by atomic mass is 9.96. The number of rotatable bonds is 5. The molecule has 0 spiro atoms. The summed E-state index contributed by atoms with van der Waals surface area (Å²) in [6.45, 7) is 4.20. The first-order valence-corrected chi connectivity index (χ1v) is 10.3. The molecule has 2 aromatic carbocycles. The van der Waals surface area contributed by atoms with Crippen LogP contribution in [0.1, 0.15) is 33.9 Å². The van der Waals surface area contributed by atoms with Gasteiger partial charge in [0.2, 0.25) is 0 Å². The van der Waals surface area contributed by atoms with Crippen LogP contribution in [0.3, 0.4) is 0 Å². The fourth-order valence-corrected chi connectivity index (χ4v) is 4.01. The first-order valence-electron chi connectivity index (χ1n) is 10.3. The normalized spacial score (nSPS) is 17.6. The number of pyridine rings is 1. The quantitative estimate of drug-likeness (QED) is 0.372. The highest BCUT2D eigenvalue weighted by molar-refractivity contribution is 6.46. The molecule has 1 atom stereocenters. The predicted octanol–water partition coefficient (Wildman–Crippen LogP) is 4.33. The van der Waals surface area contributed by atoms with Crippen molar-refractivity contribution in [1.29, 1.82) is 0 Å². The average Bonchev–Trinajstić information content (AvgIpc) is 3.06. The Bertz CT molecular complexity index is 1220. The Hall–Kier alpha value is -3.93. The Morgan fingerprint density at radius 1 is 1.09 bits per heavy atom.